The molecule has 0 unspecified atom stereocenters. The van der Waals surface area contributed by atoms with Crippen molar-refractivity contribution in [2.75, 3.05) is 23.7 Å². The van der Waals surface area contributed by atoms with Crippen LogP contribution in [-0.2, 0) is 26.2 Å². The minimum absolute atomic E-state index is 0.116. The van der Waals surface area contributed by atoms with Crippen LogP contribution in [-0.4, -0.2) is 50.5 Å². The third-order valence-corrected chi connectivity index (χ3v) is 7.12. The summed E-state index contributed by atoms with van der Waals surface area (Å²) in [6.07, 6.45) is 3.90. The number of nitrogens with one attached hydrogen (secondary N) is 1. The lowest BCUT2D eigenvalue weighted by Crippen LogP contribution is -2.49. The Morgan fingerprint density at radius 1 is 1.00 bits per heavy atom. The average molecular weight is 522 g/mol. The van der Waals surface area contributed by atoms with E-state index in [0.717, 1.165) is 24.7 Å². The largest absolute Gasteiger partial charge is 0.354 e. The van der Waals surface area contributed by atoms with Gasteiger partial charge in [0.25, 0.3) is 0 Å². The van der Waals surface area contributed by atoms with E-state index in [1.807, 2.05) is 25.1 Å². The number of hydrogen-bond donors (Lipinski definition) is 1. The molecule has 0 aliphatic heterocycles. The molecule has 192 valence electrons. The second-order valence-electron chi connectivity index (χ2n) is 8.49. The van der Waals surface area contributed by atoms with E-state index in [4.69, 9.17) is 11.6 Å². The van der Waals surface area contributed by atoms with Gasteiger partial charge in [-0.05, 0) is 49.1 Å². The minimum Gasteiger partial charge on any atom is -0.354 e. The number of unbranched alkanes of at least 4 members (excludes halogenated alkanes) is 1. The highest BCUT2D eigenvalue weighted by molar-refractivity contribution is 7.92. The molecule has 2 rings (SSSR count). The SMILES string of the molecule is CCCCNC(=O)[C@@H](CC)N(Cc1ccc(Cl)cc1)C(=O)CCCN(c1ccccc1)S(C)(=O)=O. The summed E-state index contributed by atoms with van der Waals surface area (Å²) in [7, 11) is -3.50. The molecule has 2 amide bonds. The van der Waals surface area contributed by atoms with Gasteiger partial charge in [0.2, 0.25) is 21.8 Å². The Morgan fingerprint density at radius 2 is 1.66 bits per heavy atom. The lowest BCUT2D eigenvalue weighted by atomic mass is 10.1. The molecule has 0 aromatic heterocycles. The first-order valence-electron chi connectivity index (χ1n) is 12.0. The Bertz CT molecular complexity index is 1050. The van der Waals surface area contributed by atoms with Gasteiger partial charge in [-0.15, -0.1) is 0 Å². The first-order chi connectivity index (χ1) is 16.7. The molecular weight excluding hydrogens is 486 g/mol. The number of carbonyl (C=O) groups is 2. The normalized spacial score (nSPS) is 12.1. The number of sulfonamides is 1. The van der Waals surface area contributed by atoms with Gasteiger partial charge in [-0.3, -0.25) is 13.9 Å². The highest BCUT2D eigenvalue weighted by atomic mass is 35.5. The van der Waals surface area contributed by atoms with Crippen LogP contribution in [0.5, 0.6) is 0 Å². The third kappa shape index (κ3) is 9.18. The quantitative estimate of drug-likeness (QED) is 0.368. The Labute approximate surface area is 214 Å². The fraction of sp³-hybridized carbons (Fsp3) is 0.462. The number of hydrogen-bond acceptors (Lipinski definition) is 4. The molecule has 0 spiro atoms. The van der Waals surface area contributed by atoms with E-state index in [-0.39, 0.29) is 31.3 Å². The predicted molar refractivity (Wildman–Crippen MR) is 142 cm³/mol. The van der Waals surface area contributed by atoms with E-state index in [1.54, 1.807) is 41.3 Å². The molecule has 0 saturated carbocycles. The molecule has 1 N–H and O–H groups in total. The monoisotopic (exact) mass is 521 g/mol. The van der Waals surface area contributed by atoms with Gasteiger partial charge in [0.05, 0.1) is 11.9 Å². The molecule has 0 heterocycles. The van der Waals surface area contributed by atoms with Crippen molar-refractivity contribution in [2.24, 2.45) is 0 Å². The molecule has 0 aliphatic rings. The molecule has 2 aromatic rings. The maximum absolute atomic E-state index is 13.4. The standard InChI is InChI=1S/C26H36ClN3O4S/c1-4-6-18-28-26(32)24(5-2)29(20-21-14-16-22(27)17-15-21)25(31)13-10-19-30(35(3,33)34)23-11-8-7-9-12-23/h7-9,11-12,14-17,24H,4-6,10,13,18-20H2,1-3H3,(H,28,32)/t24-/m1/s1. The smallest absolute Gasteiger partial charge is 0.242 e. The van der Waals surface area contributed by atoms with Crippen molar-refractivity contribution in [3.8, 4) is 0 Å². The molecule has 0 bridgehead atoms. The van der Waals surface area contributed by atoms with Crippen molar-refractivity contribution >= 4 is 39.1 Å². The Hall–Kier alpha value is -2.58. The lowest BCUT2D eigenvalue weighted by Gasteiger charge is -2.31. The van der Waals surface area contributed by atoms with E-state index < -0.39 is 16.1 Å². The lowest BCUT2D eigenvalue weighted by molar-refractivity contribution is -0.141. The second-order valence-corrected chi connectivity index (χ2v) is 10.8. The highest BCUT2D eigenvalue weighted by Crippen LogP contribution is 2.20. The molecule has 7 nitrogen and oxygen atoms in total. The van der Waals surface area contributed by atoms with E-state index in [1.165, 1.54) is 4.31 Å². The number of benzene rings is 2. The third-order valence-electron chi connectivity index (χ3n) is 5.68. The number of carbonyl (C=O) groups excluding carboxylic acids is 2. The first-order valence-corrected chi connectivity index (χ1v) is 14.2. The summed E-state index contributed by atoms with van der Waals surface area (Å²) >= 11 is 6.01. The van der Waals surface area contributed by atoms with Gasteiger partial charge in [0.1, 0.15) is 6.04 Å². The minimum atomic E-state index is -3.50. The summed E-state index contributed by atoms with van der Waals surface area (Å²) in [4.78, 5) is 27.9. The van der Waals surface area contributed by atoms with Crippen LogP contribution in [0, 0.1) is 0 Å². The topological polar surface area (TPSA) is 86.8 Å². The van der Waals surface area contributed by atoms with Gasteiger partial charge in [0.15, 0.2) is 0 Å². The van der Waals surface area contributed by atoms with E-state index in [0.29, 0.717) is 30.1 Å². The molecule has 0 saturated heterocycles. The van der Waals surface area contributed by atoms with Gasteiger partial charge in [0, 0.05) is 31.1 Å². The zero-order chi connectivity index (χ0) is 25.8. The van der Waals surface area contributed by atoms with Crippen LogP contribution in [0.15, 0.2) is 54.6 Å². The number of amides is 2. The van der Waals surface area contributed by atoms with Crippen molar-refractivity contribution < 1.29 is 18.0 Å². The molecule has 9 heteroatoms. The summed E-state index contributed by atoms with van der Waals surface area (Å²) in [5.74, 6) is -0.371. The van der Waals surface area contributed by atoms with Crippen LogP contribution in [0.25, 0.3) is 0 Å². The van der Waals surface area contributed by atoms with E-state index in [2.05, 4.69) is 12.2 Å². The molecule has 0 fully saturated rings. The highest BCUT2D eigenvalue weighted by Gasteiger charge is 2.28. The first kappa shape index (κ1) is 28.7. The van der Waals surface area contributed by atoms with Crippen molar-refractivity contribution in [3.63, 3.8) is 0 Å². The number of anilines is 1. The van der Waals surface area contributed by atoms with Crippen molar-refractivity contribution in [1.29, 1.82) is 0 Å². The van der Waals surface area contributed by atoms with Crippen LogP contribution >= 0.6 is 11.6 Å². The van der Waals surface area contributed by atoms with E-state index >= 15 is 0 Å². The van der Waals surface area contributed by atoms with E-state index in [9.17, 15) is 18.0 Å². The summed E-state index contributed by atoms with van der Waals surface area (Å²) in [6, 6.07) is 15.4. The van der Waals surface area contributed by atoms with Crippen LogP contribution in [0.1, 0.15) is 51.5 Å². The number of nitrogens with zero attached hydrogens (tertiary/aromatic N) is 2. The number of para-hydroxylation sites is 1. The second kappa shape index (κ2) is 14.1. The van der Waals surface area contributed by atoms with Crippen molar-refractivity contribution in [1.82, 2.24) is 10.2 Å². The van der Waals surface area contributed by atoms with Crippen LogP contribution in [0.3, 0.4) is 0 Å². The summed E-state index contributed by atoms with van der Waals surface area (Å²) in [5, 5.41) is 3.53. The molecule has 0 radical (unpaired) electrons. The Balaban J connectivity index is 2.16. The fourth-order valence-corrected chi connectivity index (χ4v) is 4.90. The maximum atomic E-state index is 13.4. The van der Waals surface area contributed by atoms with Gasteiger partial charge in [-0.25, -0.2) is 8.42 Å². The molecule has 0 aliphatic carbocycles. The summed E-state index contributed by atoms with van der Waals surface area (Å²) in [5.41, 5.74) is 1.42. The molecule has 2 aromatic carbocycles. The van der Waals surface area contributed by atoms with Crippen LogP contribution in [0.2, 0.25) is 5.02 Å². The van der Waals surface area contributed by atoms with Gasteiger partial charge < -0.3 is 10.2 Å². The summed E-state index contributed by atoms with van der Waals surface area (Å²) in [6.45, 7) is 4.93. The van der Waals surface area contributed by atoms with Crippen LogP contribution in [0.4, 0.5) is 5.69 Å². The molecule has 35 heavy (non-hydrogen) atoms. The zero-order valence-corrected chi connectivity index (χ0v) is 22.3. The maximum Gasteiger partial charge on any atom is 0.242 e. The Kier molecular flexibility index (Phi) is 11.5. The molecular formula is C26H36ClN3O4S. The summed E-state index contributed by atoms with van der Waals surface area (Å²) < 4.78 is 26.0. The average Bonchev–Trinajstić information content (AvgIpc) is 2.82. The number of rotatable bonds is 14. The fourth-order valence-electron chi connectivity index (χ4n) is 3.81. The van der Waals surface area contributed by atoms with Gasteiger partial charge in [-0.2, -0.15) is 0 Å². The molecule has 1 atom stereocenters. The van der Waals surface area contributed by atoms with Crippen LogP contribution < -0.4 is 9.62 Å². The predicted octanol–water partition coefficient (Wildman–Crippen LogP) is 4.61. The van der Waals surface area contributed by atoms with Crippen molar-refractivity contribution in [3.05, 3.63) is 65.2 Å². The zero-order valence-electron chi connectivity index (χ0n) is 20.7. The number of halogens is 1. The van der Waals surface area contributed by atoms with Gasteiger partial charge >= 0.3 is 0 Å². The Morgan fingerprint density at radius 3 is 2.23 bits per heavy atom. The van der Waals surface area contributed by atoms with Gasteiger partial charge in [-0.1, -0.05) is 62.2 Å². The van der Waals surface area contributed by atoms with Crippen molar-refractivity contribution in [2.45, 2.75) is 58.5 Å².